The molecule has 0 spiro atoms. The van der Waals surface area contributed by atoms with Crippen molar-refractivity contribution < 1.29 is 0 Å². The number of rotatable bonds is 6. The van der Waals surface area contributed by atoms with Crippen LogP contribution < -0.4 is 0 Å². The van der Waals surface area contributed by atoms with Gasteiger partial charge in [0, 0.05) is 18.0 Å². The molecule has 0 N–H and O–H groups in total. The summed E-state index contributed by atoms with van der Waals surface area (Å²) in [5.74, 6) is 1.60. The van der Waals surface area contributed by atoms with E-state index < -0.39 is 0 Å². The number of hydrogen-bond acceptors (Lipinski definition) is 1. The van der Waals surface area contributed by atoms with Crippen LogP contribution in [0, 0.1) is 0 Å². The largest absolute Gasteiger partial charge is 0.322 e. The van der Waals surface area contributed by atoms with Gasteiger partial charge in [0.1, 0.15) is 5.84 Å². The number of hydrogen-bond donors (Lipinski definition) is 0. The van der Waals surface area contributed by atoms with E-state index in [2.05, 4.69) is 41.8 Å². The molecule has 26 heavy (non-hydrogen) atoms. The average Bonchev–Trinajstić information content (AvgIpc) is 2.66. The van der Waals surface area contributed by atoms with Crippen molar-refractivity contribution in [3.8, 4) is 0 Å². The Morgan fingerprint density at radius 1 is 1.19 bits per heavy atom. The zero-order chi connectivity index (χ0) is 18.4. The summed E-state index contributed by atoms with van der Waals surface area (Å²) in [5.41, 5.74) is 4.47. The van der Waals surface area contributed by atoms with Gasteiger partial charge in [0.25, 0.3) is 0 Å². The van der Waals surface area contributed by atoms with Gasteiger partial charge in [-0.05, 0) is 42.3 Å². The molecule has 2 nitrogen and oxygen atoms in total. The first-order valence-corrected chi connectivity index (χ1v) is 9.32. The van der Waals surface area contributed by atoms with E-state index in [9.17, 15) is 0 Å². The van der Waals surface area contributed by atoms with E-state index >= 15 is 0 Å². The summed E-state index contributed by atoms with van der Waals surface area (Å²) in [5, 5.41) is 0. The fraction of sp³-hybridized carbons (Fsp3) is 0.174. The van der Waals surface area contributed by atoms with Crippen LogP contribution in [-0.4, -0.2) is 10.7 Å². The van der Waals surface area contributed by atoms with Crippen LogP contribution in [0.4, 0.5) is 5.69 Å². The molecule has 132 valence electrons. The van der Waals surface area contributed by atoms with Crippen molar-refractivity contribution in [1.29, 1.82) is 0 Å². The van der Waals surface area contributed by atoms with Crippen molar-refractivity contribution in [3.05, 3.63) is 102 Å². The van der Waals surface area contributed by atoms with Crippen LogP contribution >= 0.6 is 11.6 Å². The topological polar surface area (TPSA) is 15.6 Å². The third-order valence-corrected chi connectivity index (χ3v) is 4.71. The molecular weight excluding hydrogens is 340 g/mol. The highest BCUT2D eigenvalue weighted by Gasteiger charge is 2.36. The summed E-state index contributed by atoms with van der Waals surface area (Å²) in [6.45, 7) is 5.88. The molecule has 1 unspecified atom stereocenters. The summed E-state index contributed by atoms with van der Waals surface area (Å²) in [6.07, 6.45) is 8.89. The van der Waals surface area contributed by atoms with Gasteiger partial charge in [-0.1, -0.05) is 61.2 Å². The van der Waals surface area contributed by atoms with E-state index in [0.717, 1.165) is 29.2 Å². The second-order valence-corrected chi connectivity index (χ2v) is 6.42. The molecule has 0 amide bonds. The van der Waals surface area contributed by atoms with Crippen molar-refractivity contribution in [2.75, 3.05) is 0 Å². The predicted molar refractivity (Wildman–Crippen MR) is 112 cm³/mol. The normalized spacial score (nSPS) is 19.0. The zero-order valence-corrected chi connectivity index (χ0v) is 15.7. The Morgan fingerprint density at radius 3 is 2.54 bits per heavy atom. The van der Waals surface area contributed by atoms with E-state index in [1.165, 1.54) is 5.56 Å². The summed E-state index contributed by atoms with van der Waals surface area (Å²) < 4.78 is 0. The van der Waals surface area contributed by atoms with Gasteiger partial charge in [-0.3, -0.25) is 0 Å². The molecule has 1 heterocycles. The Hall–Kier alpha value is -2.58. The van der Waals surface area contributed by atoms with Crippen molar-refractivity contribution in [1.82, 2.24) is 4.90 Å². The summed E-state index contributed by atoms with van der Waals surface area (Å²) in [4.78, 5) is 7.14. The van der Waals surface area contributed by atoms with E-state index in [0.29, 0.717) is 5.88 Å². The molecule has 0 saturated carbocycles. The van der Waals surface area contributed by atoms with Crippen LogP contribution in [0.2, 0.25) is 0 Å². The minimum Gasteiger partial charge on any atom is -0.322 e. The number of nitrogens with zero attached hydrogens (tertiary/aromatic N) is 2. The third-order valence-electron chi connectivity index (χ3n) is 4.40. The van der Waals surface area contributed by atoms with E-state index in [1.807, 2.05) is 55.5 Å². The lowest BCUT2D eigenvalue weighted by Gasteiger charge is -2.45. The summed E-state index contributed by atoms with van der Waals surface area (Å²) >= 11 is 5.92. The molecule has 1 fully saturated rings. The zero-order valence-electron chi connectivity index (χ0n) is 15.0. The van der Waals surface area contributed by atoms with Crippen molar-refractivity contribution >= 4 is 23.1 Å². The first-order valence-electron chi connectivity index (χ1n) is 8.79. The van der Waals surface area contributed by atoms with Gasteiger partial charge >= 0.3 is 0 Å². The second kappa shape index (κ2) is 8.68. The highest BCUT2D eigenvalue weighted by Crippen LogP contribution is 2.40. The van der Waals surface area contributed by atoms with Crippen molar-refractivity contribution in [3.63, 3.8) is 0 Å². The fourth-order valence-electron chi connectivity index (χ4n) is 3.11. The van der Waals surface area contributed by atoms with Crippen LogP contribution in [0.3, 0.4) is 0 Å². The third kappa shape index (κ3) is 3.97. The summed E-state index contributed by atoms with van der Waals surface area (Å²) in [6, 6.07) is 18.9. The maximum Gasteiger partial charge on any atom is 0.112 e. The SMILES string of the molecule is C=C/C=C(\C=C/C)N1C(=Nc2ccccc2)CC1c1ccc(CCl)cc1. The Balaban J connectivity index is 1.96. The van der Waals surface area contributed by atoms with E-state index in [1.54, 1.807) is 0 Å². The highest BCUT2D eigenvalue weighted by molar-refractivity contribution is 6.17. The maximum absolute atomic E-state index is 5.92. The molecule has 2 aromatic rings. The summed E-state index contributed by atoms with van der Waals surface area (Å²) in [7, 11) is 0. The van der Waals surface area contributed by atoms with Crippen molar-refractivity contribution in [2.45, 2.75) is 25.3 Å². The first kappa shape index (κ1) is 18.2. The van der Waals surface area contributed by atoms with Crippen molar-refractivity contribution in [2.24, 2.45) is 4.99 Å². The number of alkyl halides is 1. The molecule has 1 aliphatic rings. The molecule has 0 radical (unpaired) electrons. The fourth-order valence-corrected chi connectivity index (χ4v) is 3.29. The Kier molecular flexibility index (Phi) is 6.08. The van der Waals surface area contributed by atoms with Gasteiger partial charge < -0.3 is 4.90 Å². The van der Waals surface area contributed by atoms with Gasteiger partial charge in [0.05, 0.1) is 11.7 Å². The monoisotopic (exact) mass is 362 g/mol. The number of allylic oxidation sites excluding steroid dienone is 4. The Bertz CT molecular complexity index is 832. The lowest BCUT2D eigenvalue weighted by molar-refractivity contribution is 0.318. The Labute approximate surface area is 160 Å². The van der Waals surface area contributed by atoms with E-state index in [-0.39, 0.29) is 6.04 Å². The molecule has 1 aliphatic heterocycles. The second-order valence-electron chi connectivity index (χ2n) is 6.16. The molecule has 0 aliphatic carbocycles. The minimum absolute atomic E-state index is 0.268. The quantitative estimate of drug-likeness (QED) is 0.420. The highest BCUT2D eigenvalue weighted by atomic mass is 35.5. The number of aliphatic imine (C=N–C) groups is 1. The van der Waals surface area contributed by atoms with E-state index in [4.69, 9.17) is 16.6 Å². The maximum atomic E-state index is 5.92. The van der Waals surface area contributed by atoms with Crippen LogP contribution in [0.15, 0.2) is 96.2 Å². The Morgan fingerprint density at radius 2 is 1.92 bits per heavy atom. The lowest BCUT2D eigenvalue weighted by Crippen LogP contribution is -2.45. The average molecular weight is 363 g/mol. The van der Waals surface area contributed by atoms with Gasteiger partial charge in [0.15, 0.2) is 0 Å². The van der Waals surface area contributed by atoms with Crippen LogP contribution in [0.1, 0.15) is 30.5 Å². The number of para-hydroxylation sites is 1. The predicted octanol–water partition coefficient (Wildman–Crippen LogP) is 6.55. The van der Waals surface area contributed by atoms with Crippen LogP contribution in [0.5, 0.6) is 0 Å². The van der Waals surface area contributed by atoms with Gasteiger partial charge in [-0.2, -0.15) is 0 Å². The smallest absolute Gasteiger partial charge is 0.112 e. The standard InChI is InChI=1S/C23H23ClN2/c1-3-8-21(9-4-2)26-22(19-14-12-18(17-24)13-15-19)16-23(26)25-20-10-6-5-7-11-20/h3-15,22H,1,16-17H2,2H3/b9-4-,21-8+,25-23?. The molecule has 3 rings (SSSR count). The molecule has 3 heteroatoms. The first-order chi connectivity index (χ1) is 12.8. The number of benzene rings is 2. The lowest BCUT2D eigenvalue weighted by atomic mass is 9.91. The number of amidine groups is 1. The van der Waals surface area contributed by atoms with Crippen LogP contribution in [0.25, 0.3) is 0 Å². The van der Waals surface area contributed by atoms with Gasteiger partial charge in [-0.25, -0.2) is 4.99 Å². The molecular formula is C23H23ClN2. The van der Waals surface area contributed by atoms with Gasteiger partial charge in [0.2, 0.25) is 0 Å². The number of likely N-dealkylation sites (tertiary alicyclic amines) is 1. The van der Waals surface area contributed by atoms with Crippen LogP contribution in [-0.2, 0) is 5.88 Å². The van der Waals surface area contributed by atoms with Gasteiger partial charge in [-0.15, -0.1) is 11.6 Å². The molecule has 1 saturated heterocycles. The molecule has 1 atom stereocenters. The molecule has 0 bridgehead atoms. The molecule has 0 aromatic heterocycles. The minimum atomic E-state index is 0.268. The molecule has 2 aromatic carbocycles. The number of halogens is 1.